The fourth-order valence-electron chi connectivity index (χ4n) is 8.56. The summed E-state index contributed by atoms with van der Waals surface area (Å²) in [5, 5.41) is 25.3. The number of ether oxygens (including phenoxy) is 3. The first-order valence-corrected chi connectivity index (χ1v) is 24.0. The molecule has 3 aromatic rings. The van der Waals surface area contributed by atoms with Crippen LogP contribution in [0.1, 0.15) is 96.3 Å². The smallest absolute Gasteiger partial charge is 0.417 e. The lowest BCUT2D eigenvalue weighted by atomic mass is 9.85. The molecule has 5 amide bonds. The molecule has 0 radical (unpaired) electrons. The fourth-order valence-corrected chi connectivity index (χ4v) is 9.08. The summed E-state index contributed by atoms with van der Waals surface area (Å²) in [4.78, 5) is 75.8. The predicted molar refractivity (Wildman–Crippen MR) is 260 cm³/mol. The van der Waals surface area contributed by atoms with Crippen molar-refractivity contribution >= 4 is 64.1 Å². The number of halogens is 3. The van der Waals surface area contributed by atoms with Crippen LogP contribution in [0.4, 0.5) is 30.4 Å². The van der Waals surface area contributed by atoms with E-state index in [1.807, 2.05) is 0 Å². The van der Waals surface area contributed by atoms with Crippen LogP contribution in [0.2, 0.25) is 0 Å². The Hall–Kier alpha value is -6.21. The van der Waals surface area contributed by atoms with Gasteiger partial charge in [0.15, 0.2) is 5.11 Å². The number of pyridine rings is 1. The molecule has 0 bridgehead atoms. The maximum Gasteiger partial charge on any atom is 0.417 e. The number of carbonyl (C=O) groups is 5. The molecular weight excluding hydrogens is 946 g/mol. The second-order valence-corrected chi connectivity index (χ2v) is 19.6. The third-order valence-electron chi connectivity index (χ3n) is 12.4. The highest BCUT2D eigenvalue weighted by Crippen LogP contribution is 2.40. The van der Waals surface area contributed by atoms with Crippen LogP contribution in [0.5, 0.6) is 5.75 Å². The van der Waals surface area contributed by atoms with Crippen molar-refractivity contribution in [2.75, 3.05) is 60.8 Å². The molecule has 0 unspecified atom stereocenters. The number of benzene rings is 2. The second kappa shape index (κ2) is 23.3. The number of amides is 5. The number of nitrogens with one attached hydrogen (secondary N) is 2. The van der Waals surface area contributed by atoms with Crippen molar-refractivity contribution in [1.29, 1.82) is 5.26 Å². The summed E-state index contributed by atoms with van der Waals surface area (Å²) in [6.45, 7) is 10.7. The number of rotatable bonds is 21. The molecule has 2 aromatic carbocycles. The normalized spacial score (nSPS) is 18.5. The van der Waals surface area contributed by atoms with Gasteiger partial charge in [-0.05, 0) is 118 Å². The van der Waals surface area contributed by atoms with Crippen molar-refractivity contribution < 1.29 is 56.5 Å². The zero-order valence-corrected chi connectivity index (χ0v) is 41.4. The number of unbranched alkanes of at least 4 members (excludes halogenated alkanes) is 2. The molecule has 6 rings (SSSR count). The molecule has 17 nitrogen and oxygen atoms in total. The SMILES string of the molecule is CC(C)(C)[C@H](NC(=O)COCCCOCCCCCOc1ccc(N2C(=S)N(c3ccc(C#N)c(C(F)(F)F)c3)C(=O)C2(C)C)cc1)C(=O)N1C[C@H](O)C[C@H]1C(=O)NCc1ccc(N2CCCC2=O)nc1. The molecule has 3 atom stereocenters. The van der Waals surface area contributed by atoms with Crippen LogP contribution in [-0.4, -0.2) is 119 Å². The molecular formula is C50H61F3N8O9S. The van der Waals surface area contributed by atoms with Gasteiger partial charge < -0.3 is 39.8 Å². The van der Waals surface area contributed by atoms with Gasteiger partial charge in [0.25, 0.3) is 5.91 Å². The quantitative estimate of drug-likeness (QED) is 0.0854. The third-order valence-corrected chi connectivity index (χ3v) is 12.7. The van der Waals surface area contributed by atoms with Crippen LogP contribution in [0, 0.1) is 16.7 Å². The molecule has 1 aromatic heterocycles. The number of thiocarbonyl (C=S) groups is 1. The molecule has 3 saturated heterocycles. The van der Waals surface area contributed by atoms with E-state index in [-0.39, 0.29) is 49.4 Å². The summed E-state index contributed by atoms with van der Waals surface area (Å²) in [5.74, 6) is -0.789. The number of likely N-dealkylation sites (tertiary alicyclic amines) is 1. The lowest BCUT2D eigenvalue weighted by Gasteiger charge is -2.35. The zero-order chi connectivity index (χ0) is 51.7. The summed E-state index contributed by atoms with van der Waals surface area (Å²) in [6.07, 6.45) is 0.0957. The minimum atomic E-state index is -4.80. The first-order valence-electron chi connectivity index (χ1n) is 23.6. The molecule has 3 aliphatic heterocycles. The van der Waals surface area contributed by atoms with Crippen molar-refractivity contribution in [2.24, 2.45) is 5.41 Å². The number of hydrogen-bond acceptors (Lipinski definition) is 12. The topological polar surface area (TPSA) is 207 Å². The zero-order valence-electron chi connectivity index (χ0n) is 40.6. The number of alkyl halides is 3. The maximum absolute atomic E-state index is 13.9. The molecule has 71 heavy (non-hydrogen) atoms. The highest BCUT2D eigenvalue weighted by molar-refractivity contribution is 7.81. The number of aromatic nitrogens is 1. The van der Waals surface area contributed by atoms with Crippen molar-refractivity contribution in [3.8, 4) is 11.8 Å². The van der Waals surface area contributed by atoms with Crippen molar-refractivity contribution in [3.05, 3.63) is 77.5 Å². The average Bonchev–Trinajstić information content (AvgIpc) is 3.99. The minimum Gasteiger partial charge on any atom is -0.494 e. The summed E-state index contributed by atoms with van der Waals surface area (Å²) >= 11 is 5.62. The minimum absolute atomic E-state index is 0.00310. The van der Waals surface area contributed by atoms with Gasteiger partial charge in [0.05, 0.1) is 35.6 Å². The molecule has 0 spiro atoms. The van der Waals surface area contributed by atoms with Crippen LogP contribution >= 0.6 is 12.2 Å². The van der Waals surface area contributed by atoms with E-state index in [1.54, 1.807) is 93.1 Å². The number of anilines is 3. The van der Waals surface area contributed by atoms with E-state index in [4.69, 9.17) is 26.4 Å². The molecule has 3 fully saturated rings. The largest absolute Gasteiger partial charge is 0.494 e. The number of aliphatic hydroxyl groups excluding tert-OH is 1. The number of β-amino-alcohol motifs (C(OH)–C–C–N with tert-alkyl or cyclic N) is 1. The third kappa shape index (κ3) is 13.4. The summed E-state index contributed by atoms with van der Waals surface area (Å²) in [7, 11) is 0. The van der Waals surface area contributed by atoms with Crippen LogP contribution < -0.4 is 30.1 Å². The van der Waals surface area contributed by atoms with E-state index in [9.17, 15) is 47.5 Å². The van der Waals surface area contributed by atoms with E-state index in [1.165, 1.54) is 11.0 Å². The Balaban J connectivity index is 0.848. The molecule has 0 aliphatic carbocycles. The van der Waals surface area contributed by atoms with E-state index < -0.39 is 70.1 Å². The predicted octanol–water partition coefficient (Wildman–Crippen LogP) is 5.80. The van der Waals surface area contributed by atoms with Gasteiger partial charge in [-0.15, -0.1) is 0 Å². The summed E-state index contributed by atoms with van der Waals surface area (Å²) < 4.78 is 58.3. The average molecular weight is 1010 g/mol. The summed E-state index contributed by atoms with van der Waals surface area (Å²) in [6, 6.07) is 13.1. The van der Waals surface area contributed by atoms with E-state index in [0.29, 0.717) is 62.0 Å². The van der Waals surface area contributed by atoms with Crippen LogP contribution in [0.3, 0.4) is 0 Å². The maximum atomic E-state index is 13.9. The number of nitrogens with zero attached hydrogens (tertiary/aromatic N) is 6. The van der Waals surface area contributed by atoms with Gasteiger partial charge >= 0.3 is 6.18 Å². The van der Waals surface area contributed by atoms with Crippen LogP contribution in [0.15, 0.2) is 60.8 Å². The molecule has 3 N–H and O–H groups in total. The van der Waals surface area contributed by atoms with Crippen LogP contribution in [-0.2, 0) is 46.2 Å². The van der Waals surface area contributed by atoms with Gasteiger partial charge in [-0.25, -0.2) is 4.98 Å². The van der Waals surface area contributed by atoms with E-state index in [0.717, 1.165) is 42.7 Å². The molecule has 0 saturated carbocycles. The van der Waals surface area contributed by atoms with Crippen molar-refractivity contribution in [3.63, 3.8) is 0 Å². The second-order valence-electron chi connectivity index (χ2n) is 19.2. The number of aliphatic hydroxyl groups is 1. The first kappa shape index (κ1) is 54.1. The Labute approximate surface area is 416 Å². The Morgan fingerprint density at radius 3 is 2.30 bits per heavy atom. The van der Waals surface area contributed by atoms with Crippen molar-refractivity contribution in [1.82, 2.24) is 20.5 Å². The number of hydrogen-bond donors (Lipinski definition) is 3. The van der Waals surface area contributed by atoms with Crippen LogP contribution in [0.25, 0.3) is 0 Å². The Morgan fingerprint density at radius 1 is 0.958 bits per heavy atom. The van der Waals surface area contributed by atoms with Gasteiger partial charge in [0.2, 0.25) is 23.6 Å². The number of carbonyl (C=O) groups excluding carboxylic acids is 5. The summed E-state index contributed by atoms with van der Waals surface area (Å²) in [5.41, 5.74) is -2.50. The number of nitriles is 1. The Bertz CT molecular complexity index is 2460. The van der Waals surface area contributed by atoms with Gasteiger partial charge in [0.1, 0.15) is 35.8 Å². The Kier molecular flexibility index (Phi) is 17.8. The molecule has 21 heteroatoms. The fraction of sp³-hybridized carbons (Fsp3) is 0.520. The molecule has 4 heterocycles. The standard InChI is InChI=1S/C50H61F3N8O9S/c1-48(2,3)43(45(66)59-30-36(62)26-39(59)44(65)56-29-32-12-19-40(55-28-32)58-20-9-11-42(58)64)57-41(63)31-69-23-10-22-68-21-7-6-8-24-70-37-17-15-34(16-18-37)61-47(71)60(46(67)49(61,4)5)35-14-13-33(27-54)38(25-35)50(51,52)53/h12-19,25,28,36,39,43,62H,6-11,20-24,26,29-31H2,1-5H3,(H,56,65)(H,57,63)/t36-,39+,43-/m1/s1. The Morgan fingerprint density at radius 2 is 1.65 bits per heavy atom. The van der Waals surface area contributed by atoms with E-state index in [2.05, 4.69) is 15.6 Å². The van der Waals surface area contributed by atoms with Gasteiger partial charge in [-0.1, -0.05) is 26.8 Å². The highest BCUT2D eigenvalue weighted by atomic mass is 32.1. The van der Waals surface area contributed by atoms with Gasteiger partial charge in [-0.2, -0.15) is 18.4 Å². The molecule has 3 aliphatic rings. The monoisotopic (exact) mass is 1010 g/mol. The van der Waals surface area contributed by atoms with Gasteiger partial charge in [0, 0.05) is 64.2 Å². The van der Waals surface area contributed by atoms with Crippen molar-refractivity contribution in [2.45, 2.75) is 116 Å². The molecule has 382 valence electrons. The van der Waals surface area contributed by atoms with E-state index >= 15 is 0 Å². The highest BCUT2D eigenvalue weighted by Gasteiger charge is 2.51. The first-order chi connectivity index (χ1) is 33.6. The lowest BCUT2D eigenvalue weighted by Crippen LogP contribution is -2.58. The van der Waals surface area contributed by atoms with Gasteiger partial charge in [-0.3, -0.25) is 33.8 Å². The lowest BCUT2D eigenvalue weighted by molar-refractivity contribution is -0.144.